The van der Waals surface area contributed by atoms with E-state index >= 15 is 0 Å². The molecule has 5 rings (SSSR count). The summed E-state index contributed by atoms with van der Waals surface area (Å²) in [7, 11) is 0. The molecule has 1 heterocycles. The highest BCUT2D eigenvalue weighted by atomic mass is 35.5. The zero-order valence-corrected chi connectivity index (χ0v) is 24.9. The number of para-hydroxylation sites is 1. The highest BCUT2D eigenvalue weighted by Crippen LogP contribution is 2.34. The molecule has 1 aromatic heterocycles. The summed E-state index contributed by atoms with van der Waals surface area (Å²) in [6.45, 7) is 10.6. The first-order valence-electron chi connectivity index (χ1n) is 13.2. The molecule has 0 aliphatic heterocycles. The van der Waals surface area contributed by atoms with Crippen molar-refractivity contribution in [1.82, 2.24) is 4.98 Å². The summed E-state index contributed by atoms with van der Waals surface area (Å²) in [5.74, 6) is -0.160. The van der Waals surface area contributed by atoms with Crippen LogP contribution in [0.15, 0.2) is 95.9 Å². The van der Waals surface area contributed by atoms with Gasteiger partial charge in [0, 0.05) is 38.3 Å². The van der Waals surface area contributed by atoms with E-state index < -0.39 is 0 Å². The minimum Gasteiger partial charge on any atom is -0.354 e. The average molecular weight is 555 g/mol. The molecule has 0 radical (unpaired) electrons. The number of benzene rings is 4. The number of anilines is 1. The first-order chi connectivity index (χ1) is 18.7. The molecular weight excluding hydrogens is 520 g/mol. The molecule has 0 atom stereocenters. The standard InChI is InChI=1S/C32H29ClN2OS.C2H6/c1-32(2,3)22-11-9-20(10-12-22)26-19-24(37-4)14-15-25(26)31(36)34-23-13-16-28(33)27(18-23)30-17-21-7-5-6-8-29(21)35-30;1-2/h5-19,35H,1-4H3,(H,34,36);1-2H3. The Kier molecular flexibility index (Phi) is 8.89. The Morgan fingerprint density at radius 3 is 2.23 bits per heavy atom. The van der Waals surface area contributed by atoms with Crippen LogP contribution in [-0.4, -0.2) is 17.1 Å². The van der Waals surface area contributed by atoms with E-state index in [-0.39, 0.29) is 11.3 Å². The Bertz CT molecular complexity index is 1560. The fourth-order valence-electron chi connectivity index (χ4n) is 4.46. The van der Waals surface area contributed by atoms with Crippen molar-refractivity contribution in [1.29, 1.82) is 0 Å². The van der Waals surface area contributed by atoms with Crippen molar-refractivity contribution >= 4 is 45.9 Å². The molecule has 3 nitrogen and oxygen atoms in total. The van der Waals surface area contributed by atoms with Gasteiger partial charge in [-0.1, -0.05) is 88.7 Å². The predicted molar refractivity (Wildman–Crippen MR) is 170 cm³/mol. The molecule has 39 heavy (non-hydrogen) atoms. The third-order valence-electron chi connectivity index (χ3n) is 6.58. The zero-order chi connectivity index (χ0) is 28.2. The van der Waals surface area contributed by atoms with E-state index in [2.05, 4.69) is 73.5 Å². The van der Waals surface area contributed by atoms with Crippen molar-refractivity contribution in [2.45, 2.75) is 44.9 Å². The van der Waals surface area contributed by atoms with Crippen LogP contribution in [0, 0.1) is 0 Å². The topological polar surface area (TPSA) is 44.9 Å². The van der Waals surface area contributed by atoms with E-state index in [4.69, 9.17) is 11.6 Å². The zero-order valence-electron chi connectivity index (χ0n) is 23.4. The van der Waals surface area contributed by atoms with E-state index in [0.717, 1.165) is 38.2 Å². The molecule has 1 amide bonds. The molecule has 2 N–H and O–H groups in total. The maximum Gasteiger partial charge on any atom is 0.256 e. The molecule has 0 spiro atoms. The first kappa shape index (κ1) is 28.5. The molecule has 0 fully saturated rings. The SMILES string of the molecule is CC.CSc1ccc(C(=O)Nc2ccc(Cl)c(-c3cc4ccccc4[nH]3)c2)c(-c2ccc(C(C)(C)C)cc2)c1. The number of fused-ring (bicyclic) bond motifs is 1. The highest BCUT2D eigenvalue weighted by Gasteiger charge is 2.18. The van der Waals surface area contributed by atoms with Crippen LogP contribution in [0.4, 0.5) is 5.69 Å². The van der Waals surface area contributed by atoms with Crippen LogP contribution in [-0.2, 0) is 5.41 Å². The number of aromatic nitrogens is 1. The van der Waals surface area contributed by atoms with Gasteiger partial charge in [0.25, 0.3) is 5.91 Å². The smallest absolute Gasteiger partial charge is 0.256 e. The Hall–Kier alpha value is -3.47. The van der Waals surface area contributed by atoms with Gasteiger partial charge in [-0.05, 0) is 76.9 Å². The van der Waals surface area contributed by atoms with Gasteiger partial charge in [0.2, 0.25) is 0 Å². The Labute approximate surface area is 241 Å². The lowest BCUT2D eigenvalue weighted by Gasteiger charge is -2.19. The van der Waals surface area contributed by atoms with E-state index in [1.54, 1.807) is 11.8 Å². The molecule has 4 aromatic carbocycles. The first-order valence-corrected chi connectivity index (χ1v) is 14.8. The lowest BCUT2D eigenvalue weighted by molar-refractivity contribution is 0.102. The van der Waals surface area contributed by atoms with Gasteiger partial charge < -0.3 is 10.3 Å². The number of carbonyl (C=O) groups is 1. The van der Waals surface area contributed by atoms with Crippen molar-refractivity contribution < 1.29 is 4.79 Å². The number of hydrogen-bond acceptors (Lipinski definition) is 2. The molecule has 0 unspecified atom stereocenters. The predicted octanol–water partition coefficient (Wildman–Crippen LogP) is 10.5. The maximum atomic E-state index is 13.5. The van der Waals surface area contributed by atoms with E-state index in [1.165, 1.54) is 5.56 Å². The lowest BCUT2D eigenvalue weighted by atomic mass is 9.86. The summed E-state index contributed by atoms with van der Waals surface area (Å²) >= 11 is 8.22. The fraction of sp³-hybridized carbons (Fsp3) is 0.206. The molecule has 0 aliphatic rings. The molecule has 0 saturated heterocycles. The lowest BCUT2D eigenvalue weighted by Crippen LogP contribution is -2.13. The van der Waals surface area contributed by atoms with Crippen LogP contribution in [0.5, 0.6) is 0 Å². The number of nitrogens with one attached hydrogen (secondary N) is 2. The Morgan fingerprint density at radius 1 is 0.846 bits per heavy atom. The van der Waals surface area contributed by atoms with Gasteiger partial charge in [0.1, 0.15) is 0 Å². The molecular formula is C34H35ClN2OS. The summed E-state index contributed by atoms with van der Waals surface area (Å²) in [6.07, 6.45) is 2.04. The normalized spacial score (nSPS) is 11.2. The Morgan fingerprint density at radius 2 is 1.56 bits per heavy atom. The van der Waals surface area contributed by atoms with Gasteiger partial charge in [-0.2, -0.15) is 0 Å². The van der Waals surface area contributed by atoms with Gasteiger partial charge >= 0.3 is 0 Å². The second-order valence-corrected chi connectivity index (χ2v) is 11.4. The number of thioether (sulfide) groups is 1. The van der Waals surface area contributed by atoms with E-state index in [0.29, 0.717) is 16.3 Å². The highest BCUT2D eigenvalue weighted by molar-refractivity contribution is 7.98. The van der Waals surface area contributed by atoms with Crippen molar-refractivity contribution in [3.63, 3.8) is 0 Å². The summed E-state index contributed by atoms with van der Waals surface area (Å²) < 4.78 is 0. The van der Waals surface area contributed by atoms with Crippen molar-refractivity contribution in [3.05, 3.63) is 107 Å². The second kappa shape index (κ2) is 12.1. The number of halogens is 1. The van der Waals surface area contributed by atoms with Crippen molar-refractivity contribution in [2.24, 2.45) is 0 Å². The van der Waals surface area contributed by atoms with E-state index in [9.17, 15) is 4.79 Å². The van der Waals surface area contributed by atoms with Gasteiger partial charge in [0.15, 0.2) is 0 Å². The van der Waals surface area contributed by atoms with Crippen LogP contribution < -0.4 is 5.32 Å². The summed E-state index contributed by atoms with van der Waals surface area (Å²) in [6, 6.07) is 30.2. The van der Waals surface area contributed by atoms with Gasteiger partial charge in [-0.15, -0.1) is 11.8 Å². The molecule has 0 aliphatic carbocycles. The number of carbonyl (C=O) groups excluding carboxylic acids is 1. The number of H-pyrrole nitrogens is 1. The summed E-state index contributed by atoms with van der Waals surface area (Å²) in [4.78, 5) is 18.1. The molecule has 5 aromatic rings. The van der Waals surface area contributed by atoms with Crippen LogP contribution in [0.2, 0.25) is 5.02 Å². The Balaban J connectivity index is 0.00000172. The van der Waals surface area contributed by atoms with Crippen molar-refractivity contribution in [2.75, 3.05) is 11.6 Å². The molecule has 0 saturated carbocycles. The largest absolute Gasteiger partial charge is 0.354 e. The second-order valence-electron chi connectivity index (χ2n) is 10.2. The summed E-state index contributed by atoms with van der Waals surface area (Å²) in [5.41, 5.74) is 7.36. The van der Waals surface area contributed by atoms with Gasteiger partial charge in [-0.3, -0.25) is 4.79 Å². The number of rotatable bonds is 5. The molecule has 5 heteroatoms. The van der Waals surface area contributed by atoms with Gasteiger partial charge in [-0.25, -0.2) is 0 Å². The number of hydrogen-bond donors (Lipinski definition) is 2. The number of amides is 1. The average Bonchev–Trinajstić information content (AvgIpc) is 3.38. The molecule has 0 bridgehead atoms. The quantitative estimate of drug-likeness (QED) is 0.212. The minimum atomic E-state index is -0.160. The maximum absolute atomic E-state index is 13.5. The van der Waals surface area contributed by atoms with Crippen LogP contribution in [0.1, 0.15) is 50.5 Å². The van der Waals surface area contributed by atoms with Crippen LogP contribution in [0.3, 0.4) is 0 Å². The number of aromatic amines is 1. The third-order valence-corrected chi connectivity index (χ3v) is 7.63. The minimum absolute atomic E-state index is 0.0666. The van der Waals surface area contributed by atoms with Crippen LogP contribution in [0.25, 0.3) is 33.3 Å². The van der Waals surface area contributed by atoms with Crippen molar-refractivity contribution in [3.8, 4) is 22.4 Å². The van der Waals surface area contributed by atoms with E-state index in [1.807, 2.05) is 68.6 Å². The fourth-order valence-corrected chi connectivity index (χ4v) is 5.12. The third kappa shape index (κ3) is 6.41. The van der Waals surface area contributed by atoms with Gasteiger partial charge in [0.05, 0.1) is 5.02 Å². The summed E-state index contributed by atoms with van der Waals surface area (Å²) in [5, 5.41) is 4.82. The van der Waals surface area contributed by atoms with Crippen LogP contribution >= 0.6 is 23.4 Å². The molecule has 200 valence electrons. The monoisotopic (exact) mass is 554 g/mol.